The minimum atomic E-state index is -0.570. The van der Waals surface area contributed by atoms with Gasteiger partial charge in [0, 0.05) is 23.8 Å². The summed E-state index contributed by atoms with van der Waals surface area (Å²) in [5.74, 6) is 0.531. The van der Waals surface area contributed by atoms with Crippen LogP contribution in [0.2, 0.25) is 0 Å². The van der Waals surface area contributed by atoms with E-state index in [0.717, 1.165) is 42.5 Å². The molecule has 2 aliphatic heterocycles. The fourth-order valence-corrected chi connectivity index (χ4v) is 5.76. The molecular weight excluding hydrogens is 451 g/mol. The van der Waals surface area contributed by atoms with E-state index < -0.39 is 6.04 Å². The predicted octanol–water partition coefficient (Wildman–Crippen LogP) is 4.95. The highest BCUT2D eigenvalue weighted by atomic mass is 32.2. The van der Waals surface area contributed by atoms with Gasteiger partial charge in [0.2, 0.25) is 5.91 Å². The van der Waals surface area contributed by atoms with Crippen molar-refractivity contribution in [1.29, 1.82) is 0 Å². The fraction of sp³-hybridized carbons (Fsp3) is 0.385. The van der Waals surface area contributed by atoms with Crippen molar-refractivity contribution in [3.63, 3.8) is 0 Å². The maximum absolute atomic E-state index is 13.7. The average molecular weight is 479 g/mol. The van der Waals surface area contributed by atoms with Crippen LogP contribution in [-0.2, 0) is 15.3 Å². The number of aliphatic imine (C=N–C) groups is 2. The van der Waals surface area contributed by atoms with Crippen molar-refractivity contribution in [3.8, 4) is 0 Å². The Labute approximate surface area is 202 Å². The normalized spacial score (nSPS) is 19.9. The molecule has 1 aliphatic carbocycles. The third-order valence-corrected chi connectivity index (χ3v) is 7.50. The number of carbonyl (C=O) groups excluding carboxylic acids is 2. The molecular formula is C26H27FN4O2S. The van der Waals surface area contributed by atoms with E-state index >= 15 is 0 Å². The Kier molecular flexibility index (Phi) is 6.76. The molecule has 34 heavy (non-hydrogen) atoms. The van der Waals surface area contributed by atoms with E-state index in [-0.39, 0.29) is 30.1 Å². The number of amidine groups is 2. The van der Waals surface area contributed by atoms with Gasteiger partial charge in [0.05, 0.1) is 5.69 Å². The SMILES string of the molecule is O=C(CCC1C(=O)N=C2c3ccccc3N=C(SCc3cccc(F)c3)N21)NC1CCCCC1. The number of thioether (sulfide) groups is 1. The smallest absolute Gasteiger partial charge is 0.270 e. The van der Waals surface area contributed by atoms with Gasteiger partial charge in [-0.2, -0.15) is 4.99 Å². The summed E-state index contributed by atoms with van der Waals surface area (Å²) in [6.07, 6.45) is 6.21. The zero-order valence-electron chi connectivity index (χ0n) is 18.9. The number of rotatable bonds is 6. The molecule has 0 spiro atoms. The molecule has 2 amide bonds. The highest BCUT2D eigenvalue weighted by Gasteiger charge is 2.41. The van der Waals surface area contributed by atoms with Crippen molar-refractivity contribution in [2.75, 3.05) is 0 Å². The van der Waals surface area contributed by atoms with Gasteiger partial charge >= 0.3 is 0 Å². The van der Waals surface area contributed by atoms with Crippen LogP contribution in [0.25, 0.3) is 0 Å². The minimum Gasteiger partial charge on any atom is -0.353 e. The largest absolute Gasteiger partial charge is 0.353 e. The number of fused-ring (bicyclic) bond motifs is 3. The zero-order valence-corrected chi connectivity index (χ0v) is 19.7. The zero-order chi connectivity index (χ0) is 23.5. The quantitative estimate of drug-likeness (QED) is 0.638. The van der Waals surface area contributed by atoms with Crippen molar-refractivity contribution in [1.82, 2.24) is 10.2 Å². The van der Waals surface area contributed by atoms with Gasteiger partial charge in [-0.3, -0.25) is 14.5 Å². The first kappa shape index (κ1) is 22.8. The van der Waals surface area contributed by atoms with Gasteiger partial charge in [0.15, 0.2) is 5.17 Å². The van der Waals surface area contributed by atoms with E-state index in [1.807, 2.05) is 35.2 Å². The number of hydrogen-bond donors (Lipinski definition) is 1. The van der Waals surface area contributed by atoms with Crippen LogP contribution >= 0.6 is 11.8 Å². The first-order valence-electron chi connectivity index (χ1n) is 11.8. The highest BCUT2D eigenvalue weighted by Crippen LogP contribution is 2.36. The van der Waals surface area contributed by atoms with Gasteiger partial charge in [-0.05, 0) is 49.1 Å². The van der Waals surface area contributed by atoms with Gasteiger partial charge < -0.3 is 5.32 Å². The molecule has 176 valence electrons. The lowest BCUT2D eigenvalue weighted by Crippen LogP contribution is -2.44. The van der Waals surface area contributed by atoms with Crippen LogP contribution in [0.3, 0.4) is 0 Å². The standard InChI is InChI=1S/C26H27FN4O2S/c27-18-8-6-7-17(15-18)16-34-26-29-21-12-5-4-11-20(21)24-30-25(33)22(31(24)26)13-14-23(32)28-19-9-2-1-3-10-19/h4-8,11-12,15,19,22H,1-3,9-10,13-14,16H2,(H,28,32). The molecule has 1 atom stereocenters. The van der Waals surface area contributed by atoms with Crippen molar-refractivity contribution in [2.45, 2.75) is 62.8 Å². The lowest BCUT2D eigenvalue weighted by atomic mass is 9.95. The van der Waals surface area contributed by atoms with Gasteiger partial charge in [-0.15, -0.1) is 0 Å². The first-order valence-corrected chi connectivity index (χ1v) is 12.8. The third-order valence-electron chi connectivity index (χ3n) is 6.48. The van der Waals surface area contributed by atoms with E-state index in [1.165, 1.54) is 30.3 Å². The number of hydrogen-bond acceptors (Lipinski definition) is 5. The number of nitrogens with one attached hydrogen (secondary N) is 1. The van der Waals surface area contributed by atoms with Crippen LogP contribution < -0.4 is 5.32 Å². The molecule has 1 fully saturated rings. The molecule has 5 rings (SSSR count). The summed E-state index contributed by atoms with van der Waals surface area (Å²) >= 11 is 1.44. The average Bonchev–Trinajstić information content (AvgIpc) is 3.18. The molecule has 0 aromatic heterocycles. The third kappa shape index (κ3) is 4.92. The second-order valence-corrected chi connectivity index (χ2v) is 9.87. The molecule has 1 N–H and O–H groups in total. The molecule has 0 radical (unpaired) electrons. The molecule has 0 bridgehead atoms. The van der Waals surface area contributed by atoms with Crippen LogP contribution in [0.5, 0.6) is 0 Å². The summed E-state index contributed by atoms with van der Waals surface area (Å²) in [6.45, 7) is 0. The summed E-state index contributed by atoms with van der Waals surface area (Å²) in [5, 5.41) is 3.78. The molecule has 2 aromatic rings. The van der Waals surface area contributed by atoms with E-state index in [4.69, 9.17) is 4.99 Å². The number of halogens is 1. The fourth-order valence-electron chi connectivity index (χ4n) is 4.77. The summed E-state index contributed by atoms with van der Waals surface area (Å²) in [6, 6.07) is 13.7. The number of nitrogens with zero attached hydrogens (tertiary/aromatic N) is 3. The van der Waals surface area contributed by atoms with E-state index in [1.54, 1.807) is 6.07 Å². The van der Waals surface area contributed by atoms with Gasteiger partial charge in [0.1, 0.15) is 17.7 Å². The van der Waals surface area contributed by atoms with Gasteiger partial charge in [-0.25, -0.2) is 9.38 Å². The van der Waals surface area contributed by atoms with Gasteiger partial charge in [0.25, 0.3) is 5.91 Å². The lowest BCUT2D eigenvalue weighted by Gasteiger charge is -2.31. The van der Waals surface area contributed by atoms with E-state index in [9.17, 15) is 14.0 Å². The topological polar surface area (TPSA) is 74.1 Å². The first-order chi connectivity index (χ1) is 16.6. The molecule has 6 nitrogen and oxygen atoms in total. The molecule has 8 heteroatoms. The van der Waals surface area contributed by atoms with Crippen molar-refractivity contribution >= 4 is 40.3 Å². The molecule has 2 aromatic carbocycles. The van der Waals surface area contributed by atoms with E-state index in [2.05, 4.69) is 10.3 Å². The summed E-state index contributed by atoms with van der Waals surface area (Å²) in [7, 11) is 0. The van der Waals surface area contributed by atoms with Crippen LogP contribution in [0, 0.1) is 5.82 Å². The van der Waals surface area contributed by atoms with Crippen molar-refractivity contribution in [2.24, 2.45) is 9.98 Å². The Morgan fingerprint density at radius 2 is 1.91 bits per heavy atom. The Morgan fingerprint density at radius 3 is 2.74 bits per heavy atom. The number of benzene rings is 2. The second-order valence-electron chi connectivity index (χ2n) is 8.93. The molecule has 2 heterocycles. The number of carbonyl (C=O) groups is 2. The summed E-state index contributed by atoms with van der Waals surface area (Å²) < 4.78 is 13.7. The highest BCUT2D eigenvalue weighted by molar-refractivity contribution is 8.13. The van der Waals surface area contributed by atoms with Gasteiger partial charge in [-0.1, -0.05) is 55.3 Å². The van der Waals surface area contributed by atoms with E-state index in [0.29, 0.717) is 23.2 Å². The van der Waals surface area contributed by atoms with Crippen LogP contribution in [0.15, 0.2) is 58.5 Å². The van der Waals surface area contributed by atoms with Crippen molar-refractivity contribution in [3.05, 3.63) is 65.5 Å². The maximum Gasteiger partial charge on any atom is 0.270 e. The Balaban J connectivity index is 1.33. The Morgan fingerprint density at radius 1 is 1.09 bits per heavy atom. The number of para-hydroxylation sites is 1. The monoisotopic (exact) mass is 478 g/mol. The van der Waals surface area contributed by atoms with Crippen LogP contribution in [-0.4, -0.2) is 39.8 Å². The Bertz CT molecular complexity index is 1160. The summed E-state index contributed by atoms with van der Waals surface area (Å²) in [5.41, 5.74) is 2.39. The maximum atomic E-state index is 13.7. The molecule has 1 saturated carbocycles. The molecule has 0 saturated heterocycles. The van der Waals surface area contributed by atoms with Crippen LogP contribution in [0.1, 0.15) is 56.1 Å². The second kappa shape index (κ2) is 10.1. The Hall–Kier alpha value is -3.00. The summed E-state index contributed by atoms with van der Waals surface area (Å²) in [4.78, 5) is 36.6. The molecule has 1 unspecified atom stereocenters. The molecule has 3 aliphatic rings. The number of amides is 2. The lowest BCUT2D eigenvalue weighted by molar-refractivity contribution is -0.123. The minimum absolute atomic E-state index is 0.0172. The van der Waals surface area contributed by atoms with Crippen LogP contribution in [0.4, 0.5) is 10.1 Å². The van der Waals surface area contributed by atoms with Crippen molar-refractivity contribution < 1.29 is 14.0 Å². The predicted molar refractivity (Wildman–Crippen MR) is 133 cm³/mol.